The highest BCUT2D eigenvalue weighted by Crippen LogP contribution is 2.43. The fourth-order valence-corrected chi connectivity index (χ4v) is 5.26. The van der Waals surface area contributed by atoms with E-state index in [1.165, 1.54) is 7.11 Å². The number of nitrogens with one attached hydrogen (secondary N) is 1. The van der Waals surface area contributed by atoms with Crippen LogP contribution in [-0.2, 0) is 25.7 Å². The summed E-state index contributed by atoms with van der Waals surface area (Å²) in [5.41, 5.74) is 0.870. The van der Waals surface area contributed by atoms with Gasteiger partial charge in [-0.15, -0.1) is 11.8 Å². The molecule has 1 aromatic rings. The molecule has 0 spiro atoms. The van der Waals surface area contributed by atoms with Gasteiger partial charge in [0.2, 0.25) is 5.91 Å². The van der Waals surface area contributed by atoms with Crippen LogP contribution in [0.5, 0.6) is 0 Å². The van der Waals surface area contributed by atoms with Crippen LogP contribution in [0.3, 0.4) is 0 Å². The molecule has 2 saturated heterocycles. The summed E-state index contributed by atoms with van der Waals surface area (Å²) < 4.78 is 10.2. The molecule has 7 nitrogen and oxygen atoms in total. The molecule has 3 rings (SSSR count). The maximum atomic E-state index is 13.3. The van der Waals surface area contributed by atoms with Gasteiger partial charge in [-0.1, -0.05) is 30.3 Å². The number of carbonyl (C=O) groups is 3. The Labute approximate surface area is 169 Å². The molecule has 2 fully saturated rings. The van der Waals surface area contributed by atoms with E-state index in [2.05, 4.69) is 5.32 Å². The fraction of sp³-hybridized carbons (Fsp3) is 0.550. The third-order valence-corrected chi connectivity index (χ3v) is 6.74. The molecule has 2 aliphatic heterocycles. The Morgan fingerprint density at radius 2 is 2.04 bits per heavy atom. The number of methoxy groups -OCH3 is 1. The van der Waals surface area contributed by atoms with Gasteiger partial charge in [0.15, 0.2) is 0 Å². The summed E-state index contributed by atoms with van der Waals surface area (Å²) in [7, 11) is 1.33. The molecule has 2 aliphatic rings. The van der Waals surface area contributed by atoms with Crippen LogP contribution in [0.25, 0.3) is 0 Å². The number of benzene rings is 1. The predicted octanol–water partition coefficient (Wildman–Crippen LogP) is 2.69. The van der Waals surface area contributed by atoms with Crippen LogP contribution >= 0.6 is 11.8 Å². The van der Waals surface area contributed by atoms with Crippen molar-refractivity contribution in [2.45, 2.75) is 56.2 Å². The van der Waals surface area contributed by atoms with Crippen LogP contribution in [0.2, 0.25) is 0 Å². The van der Waals surface area contributed by atoms with Crippen LogP contribution in [-0.4, -0.2) is 52.7 Å². The van der Waals surface area contributed by atoms with E-state index in [9.17, 15) is 14.4 Å². The first kappa shape index (κ1) is 20.5. The largest absolute Gasteiger partial charge is 0.467 e. The molecular weight excluding hydrogens is 380 g/mol. The number of nitrogens with zero attached hydrogens (tertiary/aromatic N) is 1. The maximum absolute atomic E-state index is 13.3. The molecule has 8 heteroatoms. The Morgan fingerprint density at radius 1 is 1.29 bits per heavy atom. The van der Waals surface area contributed by atoms with E-state index in [-0.39, 0.29) is 12.5 Å². The van der Waals surface area contributed by atoms with Gasteiger partial charge in [0, 0.05) is 0 Å². The summed E-state index contributed by atoms with van der Waals surface area (Å²) in [6.07, 6.45) is 2.08. The highest BCUT2D eigenvalue weighted by Gasteiger charge is 2.49. The molecule has 0 bridgehead atoms. The lowest BCUT2D eigenvalue weighted by Gasteiger charge is -2.47. The number of hydrogen-bond donors (Lipinski definition) is 1. The van der Waals surface area contributed by atoms with Gasteiger partial charge in [-0.25, -0.2) is 9.59 Å². The highest BCUT2D eigenvalue weighted by atomic mass is 32.2. The quantitative estimate of drug-likeness (QED) is 0.774. The molecular formula is C20H26N2O5S. The van der Waals surface area contributed by atoms with Crippen molar-refractivity contribution in [3.05, 3.63) is 35.9 Å². The van der Waals surface area contributed by atoms with E-state index in [4.69, 9.17) is 9.47 Å². The molecule has 2 heterocycles. The molecule has 0 unspecified atom stereocenters. The molecule has 152 valence electrons. The average molecular weight is 407 g/mol. The van der Waals surface area contributed by atoms with E-state index >= 15 is 0 Å². The van der Waals surface area contributed by atoms with Crippen molar-refractivity contribution < 1.29 is 23.9 Å². The van der Waals surface area contributed by atoms with Gasteiger partial charge in [0.1, 0.15) is 18.7 Å². The van der Waals surface area contributed by atoms with Crippen molar-refractivity contribution in [1.29, 1.82) is 0 Å². The second-order valence-electron chi connectivity index (χ2n) is 7.21. The second kappa shape index (κ2) is 8.86. The highest BCUT2D eigenvalue weighted by molar-refractivity contribution is 8.00. The van der Waals surface area contributed by atoms with E-state index in [0.29, 0.717) is 18.6 Å². The first-order valence-electron chi connectivity index (χ1n) is 9.47. The second-order valence-corrected chi connectivity index (χ2v) is 8.79. The van der Waals surface area contributed by atoms with Crippen molar-refractivity contribution in [2.24, 2.45) is 0 Å². The Kier molecular flexibility index (Phi) is 6.49. The van der Waals surface area contributed by atoms with E-state index in [0.717, 1.165) is 18.4 Å². The molecule has 28 heavy (non-hydrogen) atoms. The zero-order chi connectivity index (χ0) is 20.1. The predicted molar refractivity (Wildman–Crippen MR) is 106 cm³/mol. The molecule has 1 N–H and O–H groups in total. The third-order valence-electron chi connectivity index (χ3n) is 5.27. The van der Waals surface area contributed by atoms with Gasteiger partial charge >= 0.3 is 12.1 Å². The lowest BCUT2D eigenvalue weighted by Crippen LogP contribution is -2.61. The van der Waals surface area contributed by atoms with Crippen LogP contribution in [0.15, 0.2) is 30.3 Å². The van der Waals surface area contributed by atoms with Gasteiger partial charge < -0.3 is 19.7 Å². The standard InChI is InChI=1S/C20H26N2O5S/c1-20-11-6-9-16(18(24)26-2)22(20)17(23)15(10-12-28-20)21-19(25)27-13-14-7-4-3-5-8-14/h3-5,7-8,15-16H,6,9-13H2,1-2H3,(H,21,25)/t15-,16-,20-/m0/s1. The average Bonchev–Trinajstić information content (AvgIpc) is 2.82. The van der Waals surface area contributed by atoms with Gasteiger partial charge in [-0.05, 0) is 43.9 Å². The lowest BCUT2D eigenvalue weighted by molar-refractivity contribution is -0.159. The Hall–Kier alpha value is -2.22. The summed E-state index contributed by atoms with van der Waals surface area (Å²) in [5, 5.41) is 2.69. The third kappa shape index (κ3) is 4.43. The summed E-state index contributed by atoms with van der Waals surface area (Å²) in [4.78, 5) is 38.9. The van der Waals surface area contributed by atoms with Gasteiger partial charge in [-0.3, -0.25) is 4.79 Å². The number of esters is 1. The van der Waals surface area contributed by atoms with Crippen LogP contribution < -0.4 is 5.32 Å². The SMILES string of the molecule is COC(=O)[C@@H]1CCC[C@]2(C)SCC[C@H](NC(=O)OCc3ccccc3)C(=O)N12. The number of fused-ring (bicyclic) bond motifs is 1. The van der Waals surface area contributed by atoms with Crippen molar-refractivity contribution in [2.75, 3.05) is 12.9 Å². The normalized spacial score (nSPS) is 27.4. The first-order chi connectivity index (χ1) is 13.4. The minimum atomic E-state index is -0.720. The van der Waals surface area contributed by atoms with Gasteiger partial charge in [0.25, 0.3) is 0 Å². The Bertz CT molecular complexity index is 729. The molecule has 2 amide bonds. The van der Waals surface area contributed by atoms with Gasteiger partial charge in [0.05, 0.1) is 12.0 Å². The molecule has 1 aromatic carbocycles. The molecule has 3 atom stereocenters. The topological polar surface area (TPSA) is 84.9 Å². The summed E-state index contributed by atoms with van der Waals surface area (Å²) in [5.74, 6) is 0.0439. The minimum Gasteiger partial charge on any atom is -0.467 e. The van der Waals surface area contributed by atoms with Crippen LogP contribution in [0.4, 0.5) is 4.79 Å². The molecule has 0 aromatic heterocycles. The van der Waals surface area contributed by atoms with Crippen molar-refractivity contribution in [3.63, 3.8) is 0 Å². The number of carbonyl (C=O) groups excluding carboxylic acids is 3. The zero-order valence-corrected chi connectivity index (χ0v) is 17.0. The van der Waals surface area contributed by atoms with E-state index in [1.54, 1.807) is 16.7 Å². The first-order valence-corrected chi connectivity index (χ1v) is 10.5. The number of thioether (sulfide) groups is 1. The summed E-state index contributed by atoms with van der Waals surface area (Å²) in [6.45, 7) is 2.12. The van der Waals surface area contributed by atoms with Crippen LogP contribution in [0.1, 0.15) is 38.2 Å². The monoisotopic (exact) mass is 406 g/mol. The van der Waals surface area contributed by atoms with Gasteiger partial charge in [-0.2, -0.15) is 0 Å². The Balaban J connectivity index is 1.69. The minimum absolute atomic E-state index is 0.133. The van der Waals surface area contributed by atoms with E-state index < -0.39 is 29.0 Å². The maximum Gasteiger partial charge on any atom is 0.408 e. The number of rotatable bonds is 4. The molecule has 0 aliphatic carbocycles. The zero-order valence-electron chi connectivity index (χ0n) is 16.2. The van der Waals surface area contributed by atoms with Crippen molar-refractivity contribution in [1.82, 2.24) is 10.2 Å². The lowest BCUT2D eigenvalue weighted by atomic mass is 9.94. The molecule has 0 radical (unpaired) electrons. The number of ether oxygens (including phenoxy) is 2. The van der Waals surface area contributed by atoms with E-state index in [1.807, 2.05) is 37.3 Å². The number of amides is 2. The fourth-order valence-electron chi connectivity index (χ4n) is 3.82. The van der Waals surface area contributed by atoms with Crippen molar-refractivity contribution >= 4 is 29.7 Å². The number of hydrogen-bond acceptors (Lipinski definition) is 6. The number of alkyl carbamates (subject to hydrolysis) is 1. The smallest absolute Gasteiger partial charge is 0.408 e. The van der Waals surface area contributed by atoms with Crippen molar-refractivity contribution in [3.8, 4) is 0 Å². The molecule has 0 saturated carbocycles. The Morgan fingerprint density at radius 3 is 2.75 bits per heavy atom. The summed E-state index contributed by atoms with van der Waals surface area (Å²) in [6, 6.07) is 8.01. The number of piperidine rings is 1. The van der Waals surface area contributed by atoms with Crippen LogP contribution in [0, 0.1) is 0 Å². The summed E-state index contributed by atoms with van der Waals surface area (Å²) >= 11 is 1.65.